The molecule has 0 saturated carbocycles. The largest absolute Gasteiger partial charge is 0.493 e. The van der Waals surface area contributed by atoms with Gasteiger partial charge in [0.25, 0.3) is 0 Å². The third-order valence-corrected chi connectivity index (χ3v) is 4.58. The van der Waals surface area contributed by atoms with Crippen molar-refractivity contribution in [2.45, 2.75) is 26.2 Å². The maximum absolute atomic E-state index is 5.89. The van der Waals surface area contributed by atoms with Gasteiger partial charge in [-0.2, -0.15) is 0 Å². The second-order valence-corrected chi connectivity index (χ2v) is 7.11. The average molecular weight is 376 g/mol. The van der Waals surface area contributed by atoms with Crippen molar-refractivity contribution in [2.75, 3.05) is 25.1 Å². The summed E-state index contributed by atoms with van der Waals surface area (Å²) in [5.74, 6) is 2.33. The van der Waals surface area contributed by atoms with Crippen LogP contribution in [0.25, 0.3) is 0 Å². The first-order valence-corrected chi connectivity index (χ1v) is 9.94. The summed E-state index contributed by atoms with van der Waals surface area (Å²) in [6.45, 7) is 6.40. The highest BCUT2D eigenvalue weighted by Gasteiger charge is 2.01. The molecule has 0 unspecified atom stereocenters. The molecule has 3 aromatic carbocycles. The van der Waals surface area contributed by atoms with Crippen LogP contribution in [0.5, 0.6) is 11.5 Å². The van der Waals surface area contributed by atoms with Crippen molar-refractivity contribution in [3.05, 3.63) is 90.0 Å². The third-order valence-electron chi connectivity index (χ3n) is 4.58. The Labute approximate surface area is 168 Å². The van der Waals surface area contributed by atoms with Crippen molar-refractivity contribution < 1.29 is 9.47 Å². The zero-order valence-corrected chi connectivity index (χ0v) is 16.7. The quantitative estimate of drug-likeness (QED) is 0.446. The van der Waals surface area contributed by atoms with Crippen molar-refractivity contribution in [2.24, 2.45) is 0 Å². The summed E-state index contributed by atoms with van der Waals surface area (Å²) in [5, 5.41) is 3.39. The van der Waals surface area contributed by atoms with E-state index in [1.54, 1.807) is 0 Å². The van der Waals surface area contributed by atoms with Gasteiger partial charge >= 0.3 is 0 Å². The van der Waals surface area contributed by atoms with Crippen molar-refractivity contribution in [3.63, 3.8) is 0 Å². The SMILES string of the molecule is CC(C)c1ccc(OCCNc2cccc(OCCc3ccccc3)c2)cc1. The second-order valence-electron chi connectivity index (χ2n) is 7.11. The molecule has 3 aromatic rings. The molecule has 3 rings (SSSR count). The van der Waals surface area contributed by atoms with E-state index in [-0.39, 0.29) is 0 Å². The number of rotatable bonds is 10. The van der Waals surface area contributed by atoms with Crippen molar-refractivity contribution in [3.8, 4) is 11.5 Å². The maximum atomic E-state index is 5.89. The Morgan fingerprint density at radius 2 is 1.50 bits per heavy atom. The molecule has 0 aromatic heterocycles. The normalized spacial score (nSPS) is 10.7. The van der Waals surface area contributed by atoms with Crippen LogP contribution in [0.15, 0.2) is 78.9 Å². The first kappa shape index (κ1) is 19.8. The number of benzene rings is 3. The van der Waals surface area contributed by atoms with Crippen LogP contribution in [0.3, 0.4) is 0 Å². The van der Waals surface area contributed by atoms with Crippen LogP contribution >= 0.6 is 0 Å². The van der Waals surface area contributed by atoms with Gasteiger partial charge in [0.05, 0.1) is 6.61 Å². The molecule has 0 radical (unpaired) electrons. The summed E-state index contributed by atoms with van der Waals surface area (Å²) in [4.78, 5) is 0. The summed E-state index contributed by atoms with van der Waals surface area (Å²) < 4.78 is 11.7. The van der Waals surface area contributed by atoms with Crippen molar-refractivity contribution in [1.82, 2.24) is 0 Å². The smallest absolute Gasteiger partial charge is 0.121 e. The molecule has 1 N–H and O–H groups in total. The molecule has 0 spiro atoms. The lowest BCUT2D eigenvalue weighted by molar-refractivity contribution is 0.322. The number of hydrogen-bond donors (Lipinski definition) is 1. The standard InChI is InChI=1S/C25H29NO2/c1-20(2)22-11-13-24(14-12-22)28-18-16-26-23-9-6-10-25(19-23)27-17-15-21-7-4-3-5-8-21/h3-14,19-20,26H,15-18H2,1-2H3. The summed E-state index contributed by atoms with van der Waals surface area (Å²) >= 11 is 0. The van der Waals surface area contributed by atoms with E-state index in [2.05, 4.69) is 55.6 Å². The minimum atomic E-state index is 0.540. The summed E-state index contributed by atoms with van der Waals surface area (Å²) in [6, 6.07) is 26.8. The molecule has 0 aliphatic rings. The maximum Gasteiger partial charge on any atom is 0.121 e. The topological polar surface area (TPSA) is 30.5 Å². The molecule has 0 aliphatic carbocycles. The lowest BCUT2D eigenvalue weighted by Gasteiger charge is -2.11. The Balaban J connectivity index is 1.39. The number of anilines is 1. The van der Waals surface area contributed by atoms with Gasteiger partial charge in [0.15, 0.2) is 0 Å². The zero-order valence-electron chi connectivity index (χ0n) is 16.7. The molecule has 3 nitrogen and oxygen atoms in total. The van der Waals surface area contributed by atoms with Crippen LogP contribution in [0.1, 0.15) is 30.9 Å². The van der Waals surface area contributed by atoms with Crippen LogP contribution in [0, 0.1) is 0 Å². The molecule has 0 amide bonds. The Morgan fingerprint density at radius 1 is 0.750 bits per heavy atom. The first-order valence-electron chi connectivity index (χ1n) is 9.94. The van der Waals surface area contributed by atoms with Crippen LogP contribution in [-0.2, 0) is 6.42 Å². The van der Waals surface area contributed by atoms with E-state index in [9.17, 15) is 0 Å². The van der Waals surface area contributed by atoms with Crippen LogP contribution in [-0.4, -0.2) is 19.8 Å². The Morgan fingerprint density at radius 3 is 2.25 bits per heavy atom. The van der Waals surface area contributed by atoms with E-state index in [1.807, 2.05) is 42.5 Å². The molecule has 146 valence electrons. The van der Waals surface area contributed by atoms with E-state index in [0.29, 0.717) is 19.1 Å². The van der Waals surface area contributed by atoms with Gasteiger partial charge in [0.1, 0.15) is 18.1 Å². The summed E-state index contributed by atoms with van der Waals surface area (Å²) in [7, 11) is 0. The fourth-order valence-electron chi connectivity index (χ4n) is 2.94. The van der Waals surface area contributed by atoms with E-state index in [1.165, 1.54) is 11.1 Å². The molecule has 28 heavy (non-hydrogen) atoms. The van der Waals surface area contributed by atoms with Gasteiger partial charge < -0.3 is 14.8 Å². The molecule has 0 saturated heterocycles. The molecule has 0 fully saturated rings. The molecule has 0 bridgehead atoms. The predicted molar refractivity (Wildman–Crippen MR) is 117 cm³/mol. The third kappa shape index (κ3) is 6.34. The number of hydrogen-bond acceptors (Lipinski definition) is 3. The minimum absolute atomic E-state index is 0.540. The zero-order chi connectivity index (χ0) is 19.6. The monoisotopic (exact) mass is 375 g/mol. The second kappa shape index (κ2) is 10.4. The van der Waals surface area contributed by atoms with Crippen LogP contribution in [0.4, 0.5) is 5.69 Å². The van der Waals surface area contributed by atoms with E-state index in [0.717, 1.165) is 30.2 Å². The summed E-state index contributed by atoms with van der Waals surface area (Å²) in [6.07, 6.45) is 0.905. The fraction of sp³-hybridized carbons (Fsp3) is 0.280. The van der Waals surface area contributed by atoms with E-state index < -0.39 is 0 Å². The van der Waals surface area contributed by atoms with Gasteiger partial charge in [-0.15, -0.1) is 0 Å². The highest BCUT2D eigenvalue weighted by molar-refractivity contribution is 5.48. The molecule has 0 atom stereocenters. The van der Waals surface area contributed by atoms with Gasteiger partial charge in [0.2, 0.25) is 0 Å². The number of ether oxygens (including phenoxy) is 2. The average Bonchev–Trinajstić information content (AvgIpc) is 2.73. The minimum Gasteiger partial charge on any atom is -0.493 e. The van der Waals surface area contributed by atoms with Gasteiger partial charge in [-0.25, -0.2) is 0 Å². The first-order chi connectivity index (χ1) is 13.7. The molecular weight excluding hydrogens is 346 g/mol. The van der Waals surface area contributed by atoms with Crippen molar-refractivity contribution >= 4 is 5.69 Å². The predicted octanol–water partition coefficient (Wildman–Crippen LogP) is 5.92. The molecular formula is C25H29NO2. The highest BCUT2D eigenvalue weighted by Crippen LogP contribution is 2.19. The fourth-order valence-corrected chi connectivity index (χ4v) is 2.94. The van der Waals surface area contributed by atoms with Crippen LogP contribution < -0.4 is 14.8 Å². The van der Waals surface area contributed by atoms with Crippen LogP contribution in [0.2, 0.25) is 0 Å². The lowest BCUT2D eigenvalue weighted by atomic mass is 10.0. The van der Waals surface area contributed by atoms with E-state index in [4.69, 9.17) is 9.47 Å². The van der Waals surface area contributed by atoms with Crippen molar-refractivity contribution in [1.29, 1.82) is 0 Å². The Kier molecular flexibility index (Phi) is 7.36. The summed E-state index contributed by atoms with van der Waals surface area (Å²) in [5.41, 5.74) is 3.65. The molecule has 3 heteroatoms. The van der Waals surface area contributed by atoms with Gasteiger partial charge in [-0.3, -0.25) is 0 Å². The van der Waals surface area contributed by atoms with E-state index >= 15 is 0 Å². The van der Waals surface area contributed by atoms with Gasteiger partial charge in [-0.1, -0.05) is 62.4 Å². The van der Waals surface area contributed by atoms with Gasteiger partial charge in [-0.05, 0) is 41.3 Å². The lowest BCUT2D eigenvalue weighted by Crippen LogP contribution is -2.11. The molecule has 0 heterocycles. The Bertz CT molecular complexity index is 829. The van der Waals surface area contributed by atoms with Gasteiger partial charge in [0, 0.05) is 24.7 Å². The number of nitrogens with one attached hydrogen (secondary N) is 1. The molecule has 0 aliphatic heterocycles. The highest BCUT2D eigenvalue weighted by atomic mass is 16.5. The Hall–Kier alpha value is -2.94.